The van der Waals surface area contributed by atoms with E-state index in [0.717, 1.165) is 18.5 Å². The first-order chi connectivity index (χ1) is 13.3. The van der Waals surface area contributed by atoms with Crippen LogP contribution in [0.1, 0.15) is 28.0 Å². The average molecular weight is 382 g/mol. The molecule has 0 aliphatic carbocycles. The van der Waals surface area contributed by atoms with E-state index in [1.54, 1.807) is 30.8 Å². The number of hydrogen-bond donors (Lipinski definition) is 1. The predicted octanol–water partition coefficient (Wildman–Crippen LogP) is 4.09. The van der Waals surface area contributed by atoms with Crippen molar-refractivity contribution in [2.24, 2.45) is 0 Å². The number of thiazole rings is 1. The number of nitrogens with one attached hydrogen (secondary N) is 1. The molecule has 0 atom stereocenters. The second kappa shape index (κ2) is 9.73. The van der Waals surface area contributed by atoms with Gasteiger partial charge in [0.05, 0.1) is 18.3 Å². The number of benzene rings is 2. The molecule has 27 heavy (non-hydrogen) atoms. The largest absolute Gasteiger partial charge is 0.493 e. The van der Waals surface area contributed by atoms with E-state index in [4.69, 9.17) is 9.47 Å². The van der Waals surface area contributed by atoms with Crippen molar-refractivity contribution in [3.8, 4) is 11.5 Å². The summed E-state index contributed by atoms with van der Waals surface area (Å²) in [5, 5.41) is 4.88. The molecule has 0 saturated carbocycles. The van der Waals surface area contributed by atoms with E-state index in [1.807, 2.05) is 23.6 Å². The van der Waals surface area contributed by atoms with Crippen LogP contribution < -0.4 is 14.8 Å². The van der Waals surface area contributed by atoms with Crippen LogP contribution in [0.3, 0.4) is 0 Å². The lowest BCUT2D eigenvalue weighted by Crippen LogP contribution is -2.24. The summed E-state index contributed by atoms with van der Waals surface area (Å²) < 4.78 is 11.1. The number of nitrogens with zero attached hydrogens (tertiary/aromatic N) is 1. The SMILES string of the molecule is COc1cc(C(=O)NCCCc2ccccc2)ccc1OCc1cscn1. The molecule has 140 valence electrons. The molecule has 0 aliphatic heterocycles. The third-order valence-corrected chi connectivity index (χ3v) is 4.69. The van der Waals surface area contributed by atoms with Crippen molar-refractivity contribution >= 4 is 17.2 Å². The van der Waals surface area contributed by atoms with Gasteiger partial charge in [0.25, 0.3) is 5.91 Å². The van der Waals surface area contributed by atoms with Crippen molar-refractivity contribution < 1.29 is 14.3 Å². The van der Waals surface area contributed by atoms with Crippen LogP contribution in [0.15, 0.2) is 59.4 Å². The first-order valence-corrected chi connectivity index (χ1v) is 9.70. The molecule has 0 saturated heterocycles. The highest BCUT2D eigenvalue weighted by Gasteiger charge is 2.11. The third kappa shape index (κ3) is 5.56. The van der Waals surface area contributed by atoms with E-state index >= 15 is 0 Å². The summed E-state index contributed by atoms with van der Waals surface area (Å²) >= 11 is 1.52. The highest BCUT2D eigenvalue weighted by atomic mass is 32.1. The lowest BCUT2D eigenvalue weighted by Gasteiger charge is -2.12. The fraction of sp³-hybridized carbons (Fsp3) is 0.238. The number of hydrogen-bond acceptors (Lipinski definition) is 5. The molecule has 3 aromatic rings. The van der Waals surface area contributed by atoms with Gasteiger partial charge in [0.1, 0.15) is 6.61 Å². The van der Waals surface area contributed by atoms with Gasteiger partial charge >= 0.3 is 0 Å². The number of ether oxygens (including phenoxy) is 2. The number of aryl methyl sites for hydroxylation is 1. The standard InChI is InChI=1S/C21H22N2O3S/c1-25-20-12-17(9-10-19(20)26-13-18-14-27-15-23-18)21(24)22-11-5-8-16-6-3-2-4-7-16/h2-4,6-7,9-10,12,14-15H,5,8,11,13H2,1H3,(H,22,24). The minimum Gasteiger partial charge on any atom is -0.493 e. The van der Waals surface area contributed by atoms with Crippen LogP contribution in [0.25, 0.3) is 0 Å². The summed E-state index contributed by atoms with van der Waals surface area (Å²) in [4.78, 5) is 16.5. The molecular weight excluding hydrogens is 360 g/mol. The quantitative estimate of drug-likeness (QED) is 0.566. The summed E-state index contributed by atoms with van der Waals surface area (Å²) in [5.41, 5.74) is 4.45. The van der Waals surface area contributed by atoms with Gasteiger partial charge in [-0.3, -0.25) is 4.79 Å². The van der Waals surface area contributed by atoms with Crippen molar-refractivity contribution in [1.29, 1.82) is 0 Å². The zero-order chi connectivity index (χ0) is 18.9. The maximum Gasteiger partial charge on any atom is 0.251 e. The van der Waals surface area contributed by atoms with Crippen molar-refractivity contribution in [1.82, 2.24) is 10.3 Å². The van der Waals surface area contributed by atoms with Crippen LogP contribution in [0.4, 0.5) is 0 Å². The van der Waals surface area contributed by atoms with E-state index in [2.05, 4.69) is 22.4 Å². The highest BCUT2D eigenvalue weighted by molar-refractivity contribution is 7.07. The van der Waals surface area contributed by atoms with Gasteiger partial charge in [0.2, 0.25) is 0 Å². The van der Waals surface area contributed by atoms with Gasteiger partial charge in [0.15, 0.2) is 11.5 Å². The summed E-state index contributed by atoms with van der Waals surface area (Å²) in [6, 6.07) is 15.4. The molecule has 2 aromatic carbocycles. The average Bonchev–Trinajstić information content (AvgIpc) is 3.24. The zero-order valence-electron chi connectivity index (χ0n) is 15.2. The number of carbonyl (C=O) groups excluding carboxylic acids is 1. The maximum absolute atomic E-state index is 12.4. The number of methoxy groups -OCH3 is 1. The lowest BCUT2D eigenvalue weighted by atomic mass is 10.1. The van der Waals surface area contributed by atoms with Crippen molar-refractivity contribution in [2.45, 2.75) is 19.4 Å². The number of carbonyl (C=O) groups is 1. The van der Waals surface area contributed by atoms with Gasteiger partial charge < -0.3 is 14.8 Å². The molecule has 0 spiro atoms. The maximum atomic E-state index is 12.4. The fourth-order valence-corrected chi connectivity index (χ4v) is 3.17. The Hall–Kier alpha value is -2.86. The molecule has 0 unspecified atom stereocenters. The van der Waals surface area contributed by atoms with Crippen molar-refractivity contribution in [3.05, 3.63) is 76.2 Å². The van der Waals surface area contributed by atoms with E-state index in [1.165, 1.54) is 16.9 Å². The molecule has 0 bridgehead atoms. The van der Waals surface area contributed by atoms with Crippen molar-refractivity contribution in [3.63, 3.8) is 0 Å². The molecule has 1 aromatic heterocycles. The Balaban J connectivity index is 1.51. The second-order valence-electron chi connectivity index (χ2n) is 5.98. The minimum absolute atomic E-state index is 0.118. The van der Waals surface area contributed by atoms with Crippen LogP contribution in [-0.2, 0) is 13.0 Å². The van der Waals surface area contributed by atoms with Crippen LogP contribution in [0.2, 0.25) is 0 Å². The summed E-state index contributed by atoms with van der Waals surface area (Å²) in [6.45, 7) is 0.989. The molecule has 0 aliphatic rings. The highest BCUT2D eigenvalue weighted by Crippen LogP contribution is 2.28. The Morgan fingerprint density at radius 3 is 2.74 bits per heavy atom. The minimum atomic E-state index is -0.118. The van der Waals surface area contributed by atoms with Crippen LogP contribution >= 0.6 is 11.3 Å². The molecule has 3 rings (SSSR count). The summed E-state index contributed by atoms with van der Waals surface area (Å²) in [5.74, 6) is 1.00. The number of aromatic nitrogens is 1. The molecule has 5 nitrogen and oxygen atoms in total. The molecular formula is C21H22N2O3S. The zero-order valence-corrected chi connectivity index (χ0v) is 16.0. The van der Waals surface area contributed by atoms with Gasteiger partial charge in [0, 0.05) is 17.5 Å². The Morgan fingerprint density at radius 2 is 2.00 bits per heavy atom. The van der Waals surface area contributed by atoms with E-state index in [0.29, 0.717) is 30.2 Å². The van der Waals surface area contributed by atoms with Crippen LogP contribution in [-0.4, -0.2) is 24.5 Å². The van der Waals surface area contributed by atoms with Crippen LogP contribution in [0.5, 0.6) is 11.5 Å². The van der Waals surface area contributed by atoms with Crippen LogP contribution in [0, 0.1) is 0 Å². The Kier molecular flexibility index (Phi) is 6.82. The topological polar surface area (TPSA) is 60.5 Å². The van der Waals surface area contributed by atoms with Gasteiger partial charge in [-0.05, 0) is 36.6 Å². The van der Waals surface area contributed by atoms with Crippen molar-refractivity contribution in [2.75, 3.05) is 13.7 Å². The predicted molar refractivity (Wildman–Crippen MR) is 107 cm³/mol. The molecule has 1 N–H and O–H groups in total. The van der Waals surface area contributed by atoms with E-state index < -0.39 is 0 Å². The number of rotatable bonds is 9. The Labute approximate surface area is 163 Å². The van der Waals surface area contributed by atoms with Gasteiger partial charge in [-0.25, -0.2) is 4.98 Å². The van der Waals surface area contributed by atoms with Gasteiger partial charge in [-0.1, -0.05) is 30.3 Å². The second-order valence-corrected chi connectivity index (χ2v) is 6.70. The molecule has 6 heteroatoms. The first-order valence-electron chi connectivity index (χ1n) is 8.76. The van der Waals surface area contributed by atoms with Gasteiger partial charge in [-0.15, -0.1) is 11.3 Å². The van der Waals surface area contributed by atoms with E-state index in [9.17, 15) is 4.79 Å². The molecule has 1 heterocycles. The molecule has 1 amide bonds. The Morgan fingerprint density at radius 1 is 1.15 bits per heavy atom. The summed E-state index contributed by atoms with van der Waals surface area (Å²) in [6.07, 6.45) is 1.83. The third-order valence-electron chi connectivity index (χ3n) is 4.06. The monoisotopic (exact) mass is 382 g/mol. The smallest absolute Gasteiger partial charge is 0.251 e. The Bertz CT molecular complexity index is 851. The molecule has 0 fully saturated rings. The lowest BCUT2D eigenvalue weighted by molar-refractivity contribution is 0.0952. The summed E-state index contributed by atoms with van der Waals surface area (Å²) in [7, 11) is 1.56. The first kappa shape index (κ1) is 18.9. The fourth-order valence-electron chi connectivity index (χ4n) is 2.63. The molecule has 0 radical (unpaired) electrons. The van der Waals surface area contributed by atoms with Gasteiger partial charge in [-0.2, -0.15) is 0 Å². The normalized spacial score (nSPS) is 10.4. The van der Waals surface area contributed by atoms with E-state index in [-0.39, 0.29) is 5.91 Å². The number of amides is 1.